The molecule has 7 nitrogen and oxygen atoms in total. The maximum atomic E-state index is 13.6. The zero-order valence-corrected chi connectivity index (χ0v) is 10.1. The number of aliphatic carboxylic acids is 1. The molecule has 108 valence electrons. The summed E-state index contributed by atoms with van der Waals surface area (Å²) in [5.41, 5.74) is -1.94. The van der Waals surface area contributed by atoms with Crippen molar-refractivity contribution in [2.45, 2.75) is 12.8 Å². The van der Waals surface area contributed by atoms with Crippen molar-refractivity contribution >= 4 is 17.6 Å². The number of nitrogens with one attached hydrogen (secondary N) is 1. The number of hydrogen-bond donors (Lipinski definition) is 2. The Balaban J connectivity index is 2.82. The minimum Gasteiger partial charge on any atom is -0.481 e. The smallest absolute Gasteiger partial charge is 0.308 e. The number of nitro benzene ring substituents is 1. The summed E-state index contributed by atoms with van der Waals surface area (Å²) >= 11 is 0. The third kappa shape index (κ3) is 3.97. The van der Waals surface area contributed by atoms with Crippen LogP contribution in [-0.4, -0.2) is 28.5 Å². The Morgan fingerprint density at radius 3 is 2.55 bits per heavy atom. The Hall–Kier alpha value is -2.58. The minimum atomic E-state index is -1.44. The van der Waals surface area contributed by atoms with E-state index in [2.05, 4.69) is 5.32 Å². The van der Waals surface area contributed by atoms with Gasteiger partial charge in [-0.1, -0.05) is 0 Å². The number of benzene rings is 1. The van der Waals surface area contributed by atoms with Gasteiger partial charge in [-0.05, 0) is 12.5 Å². The Morgan fingerprint density at radius 2 is 2.00 bits per heavy atom. The van der Waals surface area contributed by atoms with Gasteiger partial charge in [0.2, 0.25) is 5.82 Å². The lowest BCUT2D eigenvalue weighted by Gasteiger charge is -2.06. The van der Waals surface area contributed by atoms with Crippen LogP contribution in [0.1, 0.15) is 23.2 Å². The molecule has 0 unspecified atom stereocenters. The standard InChI is InChI=1S/C11H10F2N2O5/c12-6-4-7(10(13)8(5-6)15(19)20)11(18)14-3-1-2-9(16)17/h4-5H,1-3H2,(H,14,18)(H,16,17). The van der Waals surface area contributed by atoms with Crippen molar-refractivity contribution in [1.82, 2.24) is 5.32 Å². The summed E-state index contributed by atoms with van der Waals surface area (Å²) in [5.74, 6) is -4.66. The molecule has 1 aromatic rings. The average Bonchev–Trinajstić information content (AvgIpc) is 2.36. The lowest BCUT2D eigenvalue weighted by Crippen LogP contribution is -2.26. The molecular weight excluding hydrogens is 278 g/mol. The fraction of sp³-hybridized carbons (Fsp3) is 0.273. The molecule has 0 aromatic heterocycles. The van der Waals surface area contributed by atoms with E-state index in [0.717, 1.165) is 0 Å². The van der Waals surface area contributed by atoms with Gasteiger partial charge in [0.25, 0.3) is 5.91 Å². The van der Waals surface area contributed by atoms with Crippen LogP contribution in [0.3, 0.4) is 0 Å². The molecule has 0 aliphatic rings. The predicted octanol–water partition coefficient (Wildman–Crippen LogP) is 1.47. The second kappa shape index (κ2) is 6.55. The highest BCUT2D eigenvalue weighted by Gasteiger charge is 2.23. The van der Waals surface area contributed by atoms with E-state index >= 15 is 0 Å². The largest absolute Gasteiger partial charge is 0.481 e. The van der Waals surface area contributed by atoms with Crippen LogP contribution < -0.4 is 5.32 Å². The molecule has 1 aromatic carbocycles. The van der Waals surface area contributed by atoms with E-state index in [1.54, 1.807) is 0 Å². The molecule has 0 bridgehead atoms. The first-order chi connectivity index (χ1) is 9.32. The molecule has 0 saturated carbocycles. The van der Waals surface area contributed by atoms with E-state index in [0.29, 0.717) is 12.1 Å². The number of amides is 1. The summed E-state index contributed by atoms with van der Waals surface area (Å²) in [7, 11) is 0. The Bertz CT molecular complexity index is 562. The molecule has 0 fully saturated rings. The topological polar surface area (TPSA) is 110 Å². The highest BCUT2D eigenvalue weighted by atomic mass is 19.1. The summed E-state index contributed by atoms with van der Waals surface area (Å²) in [4.78, 5) is 31.1. The molecule has 2 N–H and O–H groups in total. The van der Waals surface area contributed by atoms with Gasteiger partial charge < -0.3 is 10.4 Å². The summed E-state index contributed by atoms with van der Waals surface area (Å²) in [6, 6.07) is 0.908. The van der Waals surface area contributed by atoms with E-state index in [1.165, 1.54) is 0 Å². The number of halogens is 2. The van der Waals surface area contributed by atoms with Gasteiger partial charge in [0.05, 0.1) is 16.6 Å². The van der Waals surface area contributed by atoms with E-state index < -0.39 is 39.7 Å². The Kier molecular flexibility index (Phi) is 5.07. The van der Waals surface area contributed by atoms with E-state index in [-0.39, 0.29) is 19.4 Å². The van der Waals surface area contributed by atoms with Crippen LogP contribution in [0.5, 0.6) is 0 Å². The number of nitrogens with zero attached hydrogens (tertiary/aromatic N) is 1. The second-order valence-electron chi connectivity index (χ2n) is 3.80. The molecule has 9 heteroatoms. The Morgan fingerprint density at radius 1 is 1.35 bits per heavy atom. The fourth-order valence-electron chi connectivity index (χ4n) is 1.41. The van der Waals surface area contributed by atoms with Crippen molar-refractivity contribution in [1.29, 1.82) is 0 Å². The zero-order chi connectivity index (χ0) is 15.3. The zero-order valence-electron chi connectivity index (χ0n) is 10.1. The molecule has 0 saturated heterocycles. The molecule has 1 amide bonds. The van der Waals surface area contributed by atoms with Crippen LogP contribution in [0.4, 0.5) is 14.5 Å². The number of carboxylic acids is 1. The van der Waals surface area contributed by atoms with Gasteiger partial charge in [0, 0.05) is 13.0 Å². The normalized spacial score (nSPS) is 10.1. The molecule has 20 heavy (non-hydrogen) atoms. The lowest BCUT2D eigenvalue weighted by atomic mass is 10.1. The van der Waals surface area contributed by atoms with E-state index in [9.17, 15) is 28.5 Å². The molecular formula is C11H10F2N2O5. The van der Waals surface area contributed by atoms with E-state index in [1.807, 2.05) is 0 Å². The van der Waals surface area contributed by atoms with Gasteiger partial charge >= 0.3 is 11.7 Å². The van der Waals surface area contributed by atoms with E-state index in [4.69, 9.17) is 5.11 Å². The molecule has 0 spiro atoms. The lowest BCUT2D eigenvalue weighted by molar-refractivity contribution is -0.387. The molecule has 0 radical (unpaired) electrons. The maximum absolute atomic E-state index is 13.6. The Labute approximate surface area is 111 Å². The van der Waals surface area contributed by atoms with Crippen molar-refractivity contribution in [2.75, 3.05) is 6.54 Å². The molecule has 0 heterocycles. The highest BCUT2D eigenvalue weighted by Crippen LogP contribution is 2.22. The van der Waals surface area contributed by atoms with Crippen molar-refractivity contribution < 1.29 is 28.4 Å². The first-order valence-electron chi connectivity index (χ1n) is 5.46. The number of carbonyl (C=O) groups is 2. The summed E-state index contributed by atoms with van der Waals surface area (Å²) in [5, 5.41) is 21.0. The molecule has 1 rings (SSSR count). The first-order valence-corrected chi connectivity index (χ1v) is 5.46. The second-order valence-corrected chi connectivity index (χ2v) is 3.80. The van der Waals surface area contributed by atoms with Crippen molar-refractivity contribution in [3.05, 3.63) is 39.4 Å². The van der Waals surface area contributed by atoms with Crippen molar-refractivity contribution in [3.63, 3.8) is 0 Å². The number of hydrogen-bond acceptors (Lipinski definition) is 4. The molecule has 0 aliphatic carbocycles. The summed E-state index contributed by atoms with van der Waals surface area (Å²) in [6.07, 6.45) is -0.105. The van der Waals surface area contributed by atoms with Gasteiger partial charge in [-0.15, -0.1) is 0 Å². The van der Waals surface area contributed by atoms with Crippen molar-refractivity contribution in [2.24, 2.45) is 0 Å². The van der Waals surface area contributed by atoms with Crippen molar-refractivity contribution in [3.8, 4) is 0 Å². The maximum Gasteiger partial charge on any atom is 0.308 e. The van der Waals surface area contributed by atoms with Crippen LogP contribution in [0.2, 0.25) is 0 Å². The van der Waals surface area contributed by atoms with Crippen LogP contribution >= 0.6 is 0 Å². The predicted molar refractivity (Wildman–Crippen MR) is 62.2 cm³/mol. The first kappa shape index (κ1) is 15.5. The molecule has 0 atom stereocenters. The average molecular weight is 288 g/mol. The van der Waals surface area contributed by atoms with Crippen LogP contribution in [0, 0.1) is 21.7 Å². The van der Waals surface area contributed by atoms with Gasteiger partial charge in [0.15, 0.2) is 0 Å². The molecule has 0 aliphatic heterocycles. The summed E-state index contributed by atoms with van der Waals surface area (Å²) in [6.45, 7) is -0.0745. The quantitative estimate of drug-likeness (QED) is 0.468. The van der Waals surface area contributed by atoms with Gasteiger partial charge in [-0.3, -0.25) is 19.7 Å². The monoisotopic (exact) mass is 288 g/mol. The third-order valence-corrected chi connectivity index (χ3v) is 2.31. The minimum absolute atomic E-state index is 0.0745. The third-order valence-electron chi connectivity index (χ3n) is 2.31. The fourth-order valence-corrected chi connectivity index (χ4v) is 1.41. The number of rotatable bonds is 6. The van der Waals surface area contributed by atoms with Gasteiger partial charge in [-0.2, -0.15) is 4.39 Å². The van der Waals surface area contributed by atoms with Crippen LogP contribution in [0.15, 0.2) is 12.1 Å². The van der Waals surface area contributed by atoms with Crippen LogP contribution in [-0.2, 0) is 4.79 Å². The van der Waals surface area contributed by atoms with Crippen LogP contribution in [0.25, 0.3) is 0 Å². The number of carbonyl (C=O) groups excluding carboxylic acids is 1. The number of nitro groups is 1. The highest BCUT2D eigenvalue weighted by molar-refractivity contribution is 5.95. The summed E-state index contributed by atoms with van der Waals surface area (Å²) < 4.78 is 26.7. The van der Waals surface area contributed by atoms with Gasteiger partial charge in [0.1, 0.15) is 5.82 Å². The SMILES string of the molecule is O=C(O)CCCNC(=O)c1cc(F)cc([N+](=O)[O-])c1F. The van der Waals surface area contributed by atoms with Gasteiger partial charge in [-0.25, -0.2) is 4.39 Å². The number of carboxylic acid groups (broad SMARTS) is 1.